The van der Waals surface area contributed by atoms with Crippen LogP contribution in [0.2, 0.25) is 0 Å². The van der Waals surface area contributed by atoms with Crippen LogP contribution in [-0.2, 0) is 4.79 Å². The zero-order chi connectivity index (χ0) is 9.97. The summed E-state index contributed by atoms with van der Waals surface area (Å²) in [5.41, 5.74) is 0. The standard InChI is InChI=1S/C10H18N3O/c1-12-6-2-3-9(12)10(14)13-7-4-11-5-8-13/h9H,2-8H2,1H3/t9-/m1/s1. The molecule has 0 aromatic heterocycles. The molecule has 79 valence electrons. The number of likely N-dealkylation sites (tertiary alicyclic amines) is 1. The van der Waals surface area contributed by atoms with Gasteiger partial charge in [-0.3, -0.25) is 9.69 Å². The topological polar surface area (TPSA) is 37.7 Å². The van der Waals surface area contributed by atoms with E-state index in [1.165, 1.54) is 0 Å². The van der Waals surface area contributed by atoms with Crippen molar-refractivity contribution in [3.8, 4) is 0 Å². The summed E-state index contributed by atoms with van der Waals surface area (Å²) in [7, 11) is 2.05. The van der Waals surface area contributed by atoms with Crippen LogP contribution in [0.15, 0.2) is 0 Å². The highest BCUT2D eigenvalue weighted by molar-refractivity contribution is 5.82. The average Bonchev–Trinajstić information content (AvgIpc) is 2.65. The van der Waals surface area contributed by atoms with Crippen LogP contribution in [0.3, 0.4) is 0 Å². The molecule has 0 aromatic rings. The number of piperazine rings is 1. The molecule has 0 N–H and O–H groups in total. The molecule has 0 bridgehead atoms. The molecular formula is C10H18N3O. The molecule has 2 fully saturated rings. The molecule has 1 amide bonds. The fourth-order valence-electron chi connectivity index (χ4n) is 2.26. The van der Waals surface area contributed by atoms with Crippen LogP contribution in [0.25, 0.3) is 0 Å². The Morgan fingerprint density at radius 1 is 1.29 bits per heavy atom. The number of rotatable bonds is 1. The Bertz CT molecular complexity index is 213. The van der Waals surface area contributed by atoms with Crippen molar-refractivity contribution in [3.05, 3.63) is 0 Å². The molecule has 0 aromatic carbocycles. The minimum absolute atomic E-state index is 0.146. The molecule has 1 atom stereocenters. The molecule has 2 saturated heterocycles. The highest BCUT2D eigenvalue weighted by Crippen LogP contribution is 2.17. The highest BCUT2D eigenvalue weighted by atomic mass is 16.2. The van der Waals surface area contributed by atoms with Crippen LogP contribution in [0.5, 0.6) is 0 Å². The third-order valence-electron chi connectivity index (χ3n) is 3.17. The molecule has 0 saturated carbocycles. The van der Waals surface area contributed by atoms with Crippen LogP contribution in [-0.4, -0.2) is 61.5 Å². The van der Waals surface area contributed by atoms with Gasteiger partial charge < -0.3 is 4.90 Å². The van der Waals surface area contributed by atoms with Crippen molar-refractivity contribution in [2.75, 3.05) is 39.8 Å². The molecule has 2 aliphatic heterocycles. The number of carbonyl (C=O) groups is 1. The molecular weight excluding hydrogens is 178 g/mol. The maximum atomic E-state index is 12.1. The van der Waals surface area contributed by atoms with E-state index < -0.39 is 0 Å². The van der Waals surface area contributed by atoms with E-state index in [4.69, 9.17) is 0 Å². The molecule has 4 nitrogen and oxygen atoms in total. The Labute approximate surface area is 85.2 Å². The smallest absolute Gasteiger partial charge is 0.240 e. The van der Waals surface area contributed by atoms with Crippen molar-refractivity contribution >= 4 is 5.91 Å². The third kappa shape index (κ3) is 1.91. The van der Waals surface area contributed by atoms with Crippen molar-refractivity contribution < 1.29 is 4.79 Å². The summed E-state index contributed by atoms with van der Waals surface area (Å²) in [4.78, 5) is 16.2. The fourth-order valence-corrected chi connectivity index (χ4v) is 2.26. The first-order valence-corrected chi connectivity index (χ1v) is 5.41. The first-order chi connectivity index (χ1) is 6.79. The molecule has 2 rings (SSSR count). The predicted molar refractivity (Wildman–Crippen MR) is 54.1 cm³/mol. The SMILES string of the molecule is CN1CCC[C@@H]1C(=O)N1CC[N]CC1. The van der Waals surface area contributed by atoms with Gasteiger partial charge in [-0.25, -0.2) is 5.32 Å². The fraction of sp³-hybridized carbons (Fsp3) is 0.900. The lowest BCUT2D eigenvalue weighted by molar-refractivity contribution is -0.136. The third-order valence-corrected chi connectivity index (χ3v) is 3.17. The lowest BCUT2D eigenvalue weighted by Gasteiger charge is -2.31. The van der Waals surface area contributed by atoms with Gasteiger partial charge in [0.05, 0.1) is 6.04 Å². The van der Waals surface area contributed by atoms with E-state index in [1.54, 1.807) is 0 Å². The second kappa shape index (κ2) is 4.28. The summed E-state index contributed by atoms with van der Waals surface area (Å²) < 4.78 is 0. The monoisotopic (exact) mass is 196 g/mol. The van der Waals surface area contributed by atoms with E-state index in [1.807, 2.05) is 11.9 Å². The van der Waals surface area contributed by atoms with Crippen molar-refractivity contribution in [3.63, 3.8) is 0 Å². The minimum atomic E-state index is 0.146. The lowest BCUT2D eigenvalue weighted by atomic mass is 10.2. The molecule has 1 radical (unpaired) electrons. The number of carbonyl (C=O) groups excluding carboxylic acids is 1. The van der Waals surface area contributed by atoms with Gasteiger partial charge in [0.1, 0.15) is 0 Å². The summed E-state index contributed by atoms with van der Waals surface area (Å²) in [5, 5.41) is 4.25. The first kappa shape index (κ1) is 9.93. The van der Waals surface area contributed by atoms with Crippen molar-refractivity contribution in [1.82, 2.24) is 15.1 Å². The molecule has 0 aliphatic carbocycles. The first-order valence-electron chi connectivity index (χ1n) is 5.41. The zero-order valence-electron chi connectivity index (χ0n) is 8.78. The van der Waals surface area contributed by atoms with Crippen molar-refractivity contribution in [1.29, 1.82) is 0 Å². The second-order valence-electron chi connectivity index (χ2n) is 4.13. The lowest BCUT2D eigenvalue weighted by Crippen LogP contribution is -2.50. The number of nitrogens with zero attached hydrogens (tertiary/aromatic N) is 3. The molecule has 2 heterocycles. The van der Waals surface area contributed by atoms with E-state index in [-0.39, 0.29) is 6.04 Å². The van der Waals surface area contributed by atoms with Crippen LogP contribution in [0.4, 0.5) is 0 Å². The van der Waals surface area contributed by atoms with Crippen molar-refractivity contribution in [2.45, 2.75) is 18.9 Å². The molecule has 2 aliphatic rings. The van der Waals surface area contributed by atoms with Gasteiger partial charge in [0.2, 0.25) is 5.91 Å². The summed E-state index contributed by atoms with van der Waals surface area (Å²) in [6, 6.07) is 0.146. The Kier molecular flexibility index (Phi) is 3.03. The largest absolute Gasteiger partial charge is 0.339 e. The molecule has 4 heteroatoms. The quantitative estimate of drug-likeness (QED) is 0.568. The van der Waals surface area contributed by atoms with Crippen LogP contribution in [0, 0.1) is 0 Å². The Balaban J connectivity index is 1.92. The molecule has 14 heavy (non-hydrogen) atoms. The molecule has 0 spiro atoms. The van der Waals surface area contributed by atoms with Crippen LogP contribution >= 0.6 is 0 Å². The van der Waals surface area contributed by atoms with E-state index in [0.717, 1.165) is 45.6 Å². The van der Waals surface area contributed by atoms with Crippen LogP contribution in [0.1, 0.15) is 12.8 Å². The zero-order valence-corrected chi connectivity index (χ0v) is 8.78. The molecule has 0 unspecified atom stereocenters. The van der Waals surface area contributed by atoms with E-state index in [9.17, 15) is 4.79 Å². The Morgan fingerprint density at radius 3 is 2.57 bits per heavy atom. The van der Waals surface area contributed by atoms with Gasteiger partial charge in [-0.1, -0.05) is 0 Å². The van der Waals surface area contributed by atoms with E-state index in [2.05, 4.69) is 10.2 Å². The van der Waals surface area contributed by atoms with Gasteiger partial charge in [-0.15, -0.1) is 0 Å². The minimum Gasteiger partial charge on any atom is -0.339 e. The maximum Gasteiger partial charge on any atom is 0.240 e. The number of hydrogen-bond donors (Lipinski definition) is 0. The van der Waals surface area contributed by atoms with Gasteiger partial charge in [0, 0.05) is 26.2 Å². The van der Waals surface area contributed by atoms with Gasteiger partial charge in [-0.05, 0) is 26.4 Å². The highest BCUT2D eigenvalue weighted by Gasteiger charge is 2.31. The van der Waals surface area contributed by atoms with Gasteiger partial charge >= 0.3 is 0 Å². The van der Waals surface area contributed by atoms with Gasteiger partial charge in [0.25, 0.3) is 0 Å². The number of amides is 1. The Hall–Kier alpha value is -0.610. The van der Waals surface area contributed by atoms with E-state index in [0.29, 0.717) is 5.91 Å². The van der Waals surface area contributed by atoms with Crippen molar-refractivity contribution in [2.24, 2.45) is 0 Å². The van der Waals surface area contributed by atoms with E-state index >= 15 is 0 Å². The normalized spacial score (nSPS) is 29.5. The summed E-state index contributed by atoms with van der Waals surface area (Å²) in [5.74, 6) is 0.319. The summed E-state index contributed by atoms with van der Waals surface area (Å²) in [6.07, 6.45) is 2.19. The maximum absolute atomic E-state index is 12.1. The van der Waals surface area contributed by atoms with Gasteiger partial charge in [-0.2, -0.15) is 0 Å². The number of likely N-dealkylation sites (N-methyl/N-ethyl adjacent to an activating group) is 1. The second-order valence-corrected chi connectivity index (χ2v) is 4.13. The predicted octanol–water partition coefficient (Wildman–Crippen LogP) is -0.473. The average molecular weight is 196 g/mol. The summed E-state index contributed by atoms with van der Waals surface area (Å²) >= 11 is 0. The number of hydrogen-bond acceptors (Lipinski definition) is 2. The Morgan fingerprint density at radius 2 is 2.00 bits per heavy atom. The van der Waals surface area contributed by atoms with Gasteiger partial charge in [0.15, 0.2) is 0 Å². The van der Waals surface area contributed by atoms with Crippen LogP contribution < -0.4 is 5.32 Å². The summed E-state index contributed by atoms with van der Waals surface area (Å²) in [6.45, 7) is 4.35.